The zero-order valence-electron chi connectivity index (χ0n) is 3.76. The Morgan fingerprint density at radius 2 is 1.57 bits per heavy atom. The third-order valence-corrected chi connectivity index (χ3v) is 0.301. The maximum Gasteiger partial charge on any atom is 0.371 e. The zero-order valence-corrected chi connectivity index (χ0v) is 5.33. The largest absolute Gasteiger partial charge is 0.476 e. The monoisotopic (exact) mass is 136 g/mol. The van der Waals surface area contributed by atoms with Gasteiger partial charge in [0.2, 0.25) is 5.78 Å². The van der Waals surface area contributed by atoms with Crippen LogP contribution in [0.25, 0.3) is 0 Å². The molecule has 0 saturated carbocycles. The number of rotatable bonds is 1. The molecule has 0 unspecified atom stereocenters. The van der Waals surface area contributed by atoms with Gasteiger partial charge in [0.05, 0.1) is 0 Å². The Kier molecular flexibility index (Phi) is 5.73. The summed E-state index contributed by atoms with van der Waals surface area (Å²) in [6, 6.07) is 0. The average Bonchev–Trinajstić information content (AvgIpc) is 1.36. The Hall–Kier alpha value is -0.146. The average molecular weight is 136 g/mol. The summed E-state index contributed by atoms with van der Waals surface area (Å²) in [5.41, 5.74) is 0. The molecule has 0 amide bonds. The van der Waals surface area contributed by atoms with Gasteiger partial charge in [0.15, 0.2) is 0 Å². The van der Waals surface area contributed by atoms with Gasteiger partial charge in [-0.25, -0.2) is 4.79 Å². The van der Waals surface area contributed by atoms with E-state index >= 15 is 0 Å². The van der Waals surface area contributed by atoms with Gasteiger partial charge < -0.3 is 5.11 Å². The quantitative estimate of drug-likeness (QED) is 0.396. The molecule has 0 heterocycles. The van der Waals surface area contributed by atoms with Crippen LogP contribution in [-0.2, 0) is 31.3 Å². The molecule has 0 saturated heterocycles. The predicted molar refractivity (Wildman–Crippen MR) is 18.3 cm³/mol. The summed E-state index contributed by atoms with van der Waals surface area (Å²) < 4.78 is 0. The molecule has 0 aliphatic carbocycles. The Morgan fingerprint density at radius 3 is 1.57 bits per heavy atom. The molecule has 0 radical (unpaired) electrons. The van der Waals surface area contributed by atoms with Crippen LogP contribution in [0.15, 0.2) is 0 Å². The fourth-order valence-electron chi connectivity index (χ4n) is 0. The van der Waals surface area contributed by atoms with Crippen LogP contribution in [0.5, 0.6) is 0 Å². The molecule has 0 aliphatic rings. The summed E-state index contributed by atoms with van der Waals surface area (Å²) in [7, 11) is 0. The van der Waals surface area contributed by atoms with Crippen molar-refractivity contribution in [1.82, 2.24) is 0 Å². The Bertz CT molecular complexity index is 76.2. The zero-order chi connectivity index (χ0) is 5.15. The molecular formula is C3H4O3Ti. The molecule has 0 spiro atoms. The van der Waals surface area contributed by atoms with Gasteiger partial charge in [-0.15, -0.1) is 0 Å². The van der Waals surface area contributed by atoms with Crippen molar-refractivity contribution in [2.45, 2.75) is 6.92 Å². The summed E-state index contributed by atoms with van der Waals surface area (Å²) in [5.74, 6) is -2.20. The van der Waals surface area contributed by atoms with E-state index in [0.717, 1.165) is 6.92 Å². The van der Waals surface area contributed by atoms with Gasteiger partial charge in [0.1, 0.15) is 0 Å². The van der Waals surface area contributed by atoms with Gasteiger partial charge in [-0.05, 0) is 0 Å². The summed E-state index contributed by atoms with van der Waals surface area (Å²) >= 11 is 0. The van der Waals surface area contributed by atoms with Crippen LogP contribution in [-0.4, -0.2) is 16.9 Å². The van der Waals surface area contributed by atoms with Gasteiger partial charge in [-0.3, -0.25) is 4.79 Å². The first kappa shape index (κ1) is 9.97. The summed E-state index contributed by atoms with van der Waals surface area (Å²) in [6.07, 6.45) is 0. The first-order chi connectivity index (χ1) is 2.64. The van der Waals surface area contributed by atoms with Crippen molar-refractivity contribution in [2.75, 3.05) is 0 Å². The molecule has 4 heteroatoms. The smallest absolute Gasteiger partial charge is 0.371 e. The Balaban J connectivity index is 0. The molecule has 0 aromatic rings. The minimum atomic E-state index is -1.38. The van der Waals surface area contributed by atoms with Crippen LogP contribution in [0.3, 0.4) is 0 Å². The molecule has 3 nitrogen and oxygen atoms in total. The Morgan fingerprint density at radius 1 is 1.43 bits per heavy atom. The molecular weight excluding hydrogens is 132 g/mol. The van der Waals surface area contributed by atoms with Crippen molar-refractivity contribution in [2.24, 2.45) is 0 Å². The van der Waals surface area contributed by atoms with Gasteiger partial charge in [0, 0.05) is 28.6 Å². The van der Waals surface area contributed by atoms with E-state index in [-0.39, 0.29) is 21.7 Å². The second-order valence-electron chi connectivity index (χ2n) is 0.861. The number of carboxylic acid groups (broad SMARTS) is 1. The van der Waals surface area contributed by atoms with Crippen molar-refractivity contribution < 1.29 is 36.4 Å². The van der Waals surface area contributed by atoms with Crippen molar-refractivity contribution in [1.29, 1.82) is 0 Å². The summed E-state index contributed by atoms with van der Waals surface area (Å²) in [6.45, 7) is 1.00. The van der Waals surface area contributed by atoms with E-state index in [1.54, 1.807) is 0 Å². The molecule has 1 N–H and O–H groups in total. The van der Waals surface area contributed by atoms with E-state index in [0.29, 0.717) is 0 Å². The SMILES string of the molecule is CC(=O)C(=O)O.[Ti]. The van der Waals surface area contributed by atoms with Crippen LogP contribution in [0.1, 0.15) is 6.92 Å². The van der Waals surface area contributed by atoms with E-state index in [1.165, 1.54) is 0 Å². The van der Waals surface area contributed by atoms with Crippen LogP contribution in [0.4, 0.5) is 0 Å². The van der Waals surface area contributed by atoms with E-state index < -0.39 is 11.8 Å². The van der Waals surface area contributed by atoms with Crippen molar-refractivity contribution in [3.05, 3.63) is 0 Å². The minimum Gasteiger partial charge on any atom is -0.476 e. The minimum absolute atomic E-state index is 0. The number of carbonyl (C=O) groups is 2. The second-order valence-corrected chi connectivity index (χ2v) is 0.861. The van der Waals surface area contributed by atoms with E-state index in [2.05, 4.69) is 0 Å². The number of Topliss-reactive ketones (excluding diaryl/α,β-unsaturated/α-hetero) is 1. The number of hydrogen-bond donors (Lipinski definition) is 1. The number of carboxylic acids is 1. The van der Waals surface area contributed by atoms with E-state index in [9.17, 15) is 9.59 Å². The fourth-order valence-corrected chi connectivity index (χ4v) is 0. The normalized spacial score (nSPS) is 6.43. The van der Waals surface area contributed by atoms with Crippen molar-refractivity contribution >= 4 is 11.8 Å². The van der Waals surface area contributed by atoms with Gasteiger partial charge in [-0.2, -0.15) is 0 Å². The molecule has 0 aromatic heterocycles. The number of aliphatic carboxylic acids is 1. The first-order valence-electron chi connectivity index (χ1n) is 1.38. The standard InChI is InChI=1S/C3H4O3.Ti/c1-2(4)3(5)6;/h1H3,(H,5,6);. The number of ketones is 1. The van der Waals surface area contributed by atoms with Gasteiger partial charge >= 0.3 is 5.97 Å². The molecule has 0 bridgehead atoms. The molecule has 7 heavy (non-hydrogen) atoms. The maximum atomic E-state index is 9.54. The van der Waals surface area contributed by atoms with Crippen LogP contribution in [0.2, 0.25) is 0 Å². The third kappa shape index (κ3) is 5.85. The van der Waals surface area contributed by atoms with E-state index in [1.807, 2.05) is 0 Å². The number of hydrogen-bond acceptors (Lipinski definition) is 2. The van der Waals surface area contributed by atoms with Crippen LogP contribution >= 0.6 is 0 Å². The van der Waals surface area contributed by atoms with Crippen LogP contribution < -0.4 is 0 Å². The first-order valence-corrected chi connectivity index (χ1v) is 1.38. The predicted octanol–water partition coefficient (Wildman–Crippen LogP) is -0.343. The molecule has 0 rings (SSSR count). The molecule has 0 aromatic carbocycles. The van der Waals surface area contributed by atoms with Gasteiger partial charge in [-0.1, -0.05) is 0 Å². The summed E-state index contributed by atoms with van der Waals surface area (Å²) in [4.78, 5) is 18.9. The molecule has 0 fully saturated rings. The third-order valence-electron chi connectivity index (χ3n) is 0.301. The number of carbonyl (C=O) groups excluding carboxylic acids is 1. The molecule has 0 aliphatic heterocycles. The van der Waals surface area contributed by atoms with Gasteiger partial charge in [0.25, 0.3) is 0 Å². The van der Waals surface area contributed by atoms with E-state index in [4.69, 9.17) is 5.11 Å². The fraction of sp³-hybridized carbons (Fsp3) is 0.333. The second kappa shape index (κ2) is 4.03. The molecule has 0 atom stereocenters. The Labute approximate surface area is 55.6 Å². The topological polar surface area (TPSA) is 54.4 Å². The maximum absolute atomic E-state index is 9.54. The summed E-state index contributed by atoms with van der Waals surface area (Å²) in [5, 5.41) is 7.64. The van der Waals surface area contributed by atoms with Crippen molar-refractivity contribution in [3.8, 4) is 0 Å². The van der Waals surface area contributed by atoms with Crippen molar-refractivity contribution in [3.63, 3.8) is 0 Å². The molecule has 38 valence electrons. The van der Waals surface area contributed by atoms with Crippen LogP contribution in [0, 0.1) is 0 Å².